The molecule has 0 saturated heterocycles. The minimum absolute atomic E-state index is 0.445. The first-order chi connectivity index (χ1) is 9.58. The standard InChI is InChI=1S/C17H17NO2/c1-12(2)10-15(17(19)20)13-6-5-7-14(11-13)16-8-3-4-9-18-16/h3-9,11,15H,1,10H2,2H3,(H,19,20). The number of benzene rings is 1. The highest BCUT2D eigenvalue weighted by atomic mass is 16.4. The van der Waals surface area contributed by atoms with Gasteiger partial charge in [0.05, 0.1) is 11.6 Å². The number of allylic oxidation sites excluding steroid dienone is 1. The molecule has 2 rings (SSSR count). The van der Waals surface area contributed by atoms with E-state index in [0.717, 1.165) is 22.4 Å². The molecule has 0 aliphatic heterocycles. The zero-order valence-corrected chi connectivity index (χ0v) is 11.4. The van der Waals surface area contributed by atoms with Crippen LogP contribution >= 0.6 is 0 Å². The lowest BCUT2D eigenvalue weighted by molar-refractivity contribution is -0.138. The number of carboxylic acid groups (broad SMARTS) is 1. The van der Waals surface area contributed by atoms with Crippen LogP contribution in [-0.2, 0) is 4.79 Å². The molecule has 0 aliphatic carbocycles. The Morgan fingerprint density at radius 1 is 1.30 bits per heavy atom. The van der Waals surface area contributed by atoms with E-state index in [9.17, 15) is 9.90 Å². The average molecular weight is 267 g/mol. The summed E-state index contributed by atoms with van der Waals surface area (Å²) in [7, 11) is 0. The summed E-state index contributed by atoms with van der Waals surface area (Å²) in [6.45, 7) is 5.65. The Bertz CT molecular complexity index is 620. The van der Waals surface area contributed by atoms with Crippen LogP contribution < -0.4 is 0 Å². The molecule has 20 heavy (non-hydrogen) atoms. The molecule has 0 aliphatic rings. The minimum atomic E-state index is -0.828. The maximum atomic E-state index is 11.4. The fraction of sp³-hybridized carbons (Fsp3) is 0.176. The molecule has 1 N–H and O–H groups in total. The van der Waals surface area contributed by atoms with Gasteiger partial charge in [-0.05, 0) is 37.1 Å². The molecule has 0 radical (unpaired) electrons. The Morgan fingerprint density at radius 2 is 2.10 bits per heavy atom. The summed E-state index contributed by atoms with van der Waals surface area (Å²) in [6, 6.07) is 13.2. The Kier molecular flexibility index (Phi) is 4.31. The summed E-state index contributed by atoms with van der Waals surface area (Å²) in [4.78, 5) is 15.7. The molecule has 1 unspecified atom stereocenters. The lowest BCUT2D eigenvalue weighted by Gasteiger charge is -2.13. The van der Waals surface area contributed by atoms with E-state index in [1.54, 1.807) is 6.20 Å². The second kappa shape index (κ2) is 6.15. The van der Waals surface area contributed by atoms with Crippen LogP contribution in [0.15, 0.2) is 60.8 Å². The topological polar surface area (TPSA) is 50.2 Å². The van der Waals surface area contributed by atoms with Gasteiger partial charge in [0.25, 0.3) is 0 Å². The van der Waals surface area contributed by atoms with Crippen molar-refractivity contribution >= 4 is 5.97 Å². The van der Waals surface area contributed by atoms with Gasteiger partial charge < -0.3 is 5.11 Å². The molecule has 0 spiro atoms. The molecule has 3 nitrogen and oxygen atoms in total. The lowest BCUT2D eigenvalue weighted by Crippen LogP contribution is -2.12. The molecule has 3 heteroatoms. The quantitative estimate of drug-likeness (QED) is 0.836. The van der Waals surface area contributed by atoms with Gasteiger partial charge in [-0.25, -0.2) is 0 Å². The van der Waals surface area contributed by atoms with Crippen LogP contribution in [-0.4, -0.2) is 16.1 Å². The Hall–Kier alpha value is -2.42. The SMILES string of the molecule is C=C(C)CC(C(=O)O)c1cccc(-c2ccccn2)c1. The van der Waals surface area contributed by atoms with Gasteiger partial charge in [-0.15, -0.1) is 6.58 Å². The molecular formula is C17H17NO2. The fourth-order valence-electron chi connectivity index (χ4n) is 2.14. The minimum Gasteiger partial charge on any atom is -0.481 e. The summed E-state index contributed by atoms with van der Waals surface area (Å²) >= 11 is 0. The highest BCUT2D eigenvalue weighted by Gasteiger charge is 2.20. The van der Waals surface area contributed by atoms with E-state index < -0.39 is 11.9 Å². The molecule has 0 amide bonds. The Balaban J connectivity index is 2.38. The van der Waals surface area contributed by atoms with Gasteiger partial charge in [-0.2, -0.15) is 0 Å². The van der Waals surface area contributed by atoms with Gasteiger partial charge in [0.2, 0.25) is 0 Å². The van der Waals surface area contributed by atoms with Crippen molar-refractivity contribution in [3.63, 3.8) is 0 Å². The number of carbonyl (C=O) groups is 1. The van der Waals surface area contributed by atoms with Crippen LogP contribution in [0.4, 0.5) is 0 Å². The number of aliphatic carboxylic acids is 1. The second-order valence-electron chi connectivity index (χ2n) is 4.89. The van der Waals surface area contributed by atoms with E-state index in [2.05, 4.69) is 11.6 Å². The number of carboxylic acids is 1. The molecular weight excluding hydrogens is 250 g/mol. The summed E-state index contributed by atoms with van der Waals surface area (Å²) < 4.78 is 0. The van der Waals surface area contributed by atoms with Crippen molar-refractivity contribution in [1.82, 2.24) is 4.98 Å². The van der Waals surface area contributed by atoms with Crippen LogP contribution in [0.25, 0.3) is 11.3 Å². The third-order valence-electron chi connectivity index (χ3n) is 3.10. The fourth-order valence-corrected chi connectivity index (χ4v) is 2.14. The van der Waals surface area contributed by atoms with Crippen molar-refractivity contribution in [2.24, 2.45) is 0 Å². The highest BCUT2D eigenvalue weighted by Crippen LogP contribution is 2.27. The first-order valence-corrected chi connectivity index (χ1v) is 6.46. The normalized spacial score (nSPS) is 11.8. The molecule has 2 aromatic rings. The number of nitrogens with zero attached hydrogens (tertiary/aromatic N) is 1. The number of rotatable bonds is 5. The van der Waals surface area contributed by atoms with E-state index >= 15 is 0 Å². The lowest BCUT2D eigenvalue weighted by atomic mass is 9.91. The molecule has 1 heterocycles. The zero-order chi connectivity index (χ0) is 14.5. The van der Waals surface area contributed by atoms with E-state index in [0.29, 0.717) is 6.42 Å². The molecule has 102 valence electrons. The molecule has 0 saturated carbocycles. The highest BCUT2D eigenvalue weighted by molar-refractivity contribution is 5.77. The van der Waals surface area contributed by atoms with Gasteiger partial charge in [0.1, 0.15) is 0 Å². The molecule has 0 bridgehead atoms. The first-order valence-electron chi connectivity index (χ1n) is 6.46. The van der Waals surface area contributed by atoms with E-state index in [1.165, 1.54) is 0 Å². The van der Waals surface area contributed by atoms with Gasteiger partial charge in [0, 0.05) is 11.8 Å². The van der Waals surface area contributed by atoms with Crippen LogP contribution in [0.1, 0.15) is 24.8 Å². The smallest absolute Gasteiger partial charge is 0.311 e. The van der Waals surface area contributed by atoms with Crippen molar-refractivity contribution in [3.8, 4) is 11.3 Å². The summed E-state index contributed by atoms with van der Waals surface area (Å²) in [6.07, 6.45) is 2.17. The van der Waals surface area contributed by atoms with Crippen LogP contribution in [0.5, 0.6) is 0 Å². The van der Waals surface area contributed by atoms with E-state index in [4.69, 9.17) is 0 Å². The number of hydrogen-bond donors (Lipinski definition) is 1. The predicted molar refractivity (Wildman–Crippen MR) is 79.5 cm³/mol. The van der Waals surface area contributed by atoms with Crippen LogP contribution in [0.3, 0.4) is 0 Å². The number of hydrogen-bond acceptors (Lipinski definition) is 2. The third-order valence-corrected chi connectivity index (χ3v) is 3.10. The van der Waals surface area contributed by atoms with E-state index in [-0.39, 0.29) is 0 Å². The van der Waals surface area contributed by atoms with Crippen LogP contribution in [0, 0.1) is 0 Å². The molecule has 0 fully saturated rings. The van der Waals surface area contributed by atoms with Crippen molar-refractivity contribution in [2.45, 2.75) is 19.3 Å². The van der Waals surface area contributed by atoms with Gasteiger partial charge in [0.15, 0.2) is 0 Å². The summed E-state index contributed by atoms with van der Waals surface area (Å²) in [5, 5.41) is 9.38. The van der Waals surface area contributed by atoms with Crippen molar-refractivity contribution in [1.29, 1.82) is 0 Å². The second-order valence-corrected chi connectivity index (χ2v) is 4.89. The molecule has 1 aromatic heterocycles. The molecule has 1 aromatic carbocycles. The first kappa shape index (κ1) is 14.0. The monoisotopic (exact) mass is 267 g/mol. The number of aromatic nitrogens is 1. The van der Waals surface area contributed by atoms with Crippen molar-refractivity contribution in [2.75, 3.05) is 0 Å². The largest absolute Gasteiger partial charge is 0.481 e. The average Bonchev–Trinajstić information content (AvgIpc) is 2.45. The maximum absolute atomic E-state index is 11.4. The van der Waals surface area contributed by atoms with Gasteiger partial charge in [-0.1, -0.05) is 29.8 Å². The molecule has 1 atom stereocenters. The Labute approximate surface area is 118 Å². The predicted octanol–water partition coefficient (Wildman–Crippen LogP) is 3.88. The van der Waals surface area contributed by atoms with Gasteiger partial charge in [-0.3, -0.25) is 9.78 Å². The van der Waals surface area contributed by atoms with Gasteiger partial charge >= 0.3 is 5.97 Å². The summed E-state index contributed by atoms with van der Waals surface area (Å²) in [5.74, 6) is -1.39. The Morgan fingerprint density at radius 3 is 2.70 bits per heavy atom. The zero-order valence-electron chi connectivity index (χ0n) is 11.4. The third kappa shape index (κ3) is 3.32. The van der Waals surface area contributed by atoms with Crippen molar-refractivity contribution in [3.05, 3.63) is 66.4 Å². The summed E-state index contributed by atoms with van der Waals surface area (Å²) in [5.41, 5.74) is 3.41. The maximum Gasteiger partial charge on any atom is 0.311 e. The van der Waals surface area contributed by atoms with Crippen molar-refractivity contribution < 1.29 is 9.90 Å². The number of pyridine rings is 1. The van der Waals surface area contributed by atoms with E-state index in [1.807, 2.05) is 49.4 Å². The van der Waals surface area contributed by atoms with Crippen LogP contribution in [0.2, 0.25) is 0 Å².